The maximum Gasteiger partial charge on any atom is 0.152 e. The Labute approximate surface area is 92.2 Å². The molecule has 1 heterocycles. The Kier molecular flexibility index (Phi) is 5.26. The molecule has 0 saturated heterocycles. The van der Waals surface area contributed by atoms with Gasteiger partial charge in [0.15, 0.2) is 5.78 Å². The molecule has 0 bridgehead atoms. The van der Waals surface area contributed by atoms with Gasteiger partial charge in [-0.2, -0.15) is 0 Å². The van der Waals surface area contributed by atoms with Crippen LogP contribution in [-0.2, 0) is 9.63 Å². The Morgan fingerprint density at radius 3 is 2.00 bits per heavy atom. The van der Waals surface area contributed by atoms with Crippen molar-refractivity contribution in [1.29, 1.82) is 0 Å². The SMILES string of the molecule is CC(=O)C=C(C)C.CC1=NOC(C)(C)C1. The molecule has 0 aromatic heterocycles. The number of nitrogens with zero attached hydrogens (tertiary/aromatic N) is 1. The van der Waals surface area contributed by atoms with Crippen LogP contribution in [0.5, 0.6) is 0 Å². The van der Waals surface area contributed by atoms with Gasteiger partial charge in [-0.1, -0.05) is 10.7 Å². The number of allylic oxidation sites excluding steroid dienone is 2. The lowest BCUT2D eigenvalue weighted by Gasteiger charge is -2.12. The molecule has 15 heavy (non-hydrogen) atoms. The predicted molar refractivity (Wildman–Crippen MR) is 63.0 cm³/mol. The van der Waals surface area contributed by atoms with E-state index in [1.165, 1.54) is 0 Å². The molecule has 1 aliphatic rings. The molecule has 0 amide bonds. The van der Waals surface area contributed by atoms with E-state index in [9.17, 15) is 4.79 Å². The highest BCUT2D eigenvalue weighted by molar-refractivity contribution is 5.87. The zero-order valence-corrected chi connectivity index (χ0v) is 10.5. The van der Waals surface area contributed by atoms with Crippen LogP contribution in [0, 0.1) is 0 Å². The van der Waals surface area contributed by atoms with Crippen molar-refractivity contribution in [2.45, 2.75) is 53.6 Å². The van der Waals surface area contributed by atoms with Crippen LogP contribution in [0.15, 0.2) is 16.8 Å². The Morgan fingerprint density at radius 2 is 1.93 bits per heavy atom. The number of rotatable bonds is 1. The lowest BCUT2D eigenvalue weighted by Crippen LogP contribution is -2.17. The maximum atomic E-state index is 10.2. The molecule has 3 heteroatoms. The minimum absolute atomic E-state index is 0.0376. The van der Waals surface area contributed by atoms with E-state index < -0.39 is 0 Å². The normalized spacial score (nSPS) is 16.8. The van der Waals surface area contributed by atoms with Crippen LogP contribution in [0.4, 0.5) is 0 Å². The summed E-state index contributed by atoms with van der Waals surface area (Å²) >= 11 is 0. The van der Waals surface area contributed by atoms with Gasteiger partial charge in [0.1, 0.15) is 5.60 Å². The molecule has 0 fully saturated rings. The summed E-state index contributed by atoms with van der Waals surface area (Å²) in [5, 5.41) is 3.81. The van der Waals surface area contributed by atoms with E-state index in [4.69, 9.17) is 4.84 Å². The standard InChI is InChI=1S/C6H11NO.C6H10O/c1-5-4-6(2,3)8-7-5;1-5(2)4-6(3)7/h4H2,1-3H3;4H,1-3H3. The van der Waals surface area contributed by atoms with Crippen molar-refractivity contribution in [3.05, 3.63) is 11.6 Å². The quantitative estimate of drug-likeness (QED) is 0.625. The van der Waals surface area contributed by atoms with Crippen LogP contribution >= 0.6 is 0 Å². The maximum absolute atomic E-state index is 10.2. The summed E-state index contributed by atoms with van der Waals surface area (Å²) in [5.41, 5.74) is 2.12. The molecule has 1 rings (SSSR count). The van der Waals surface area contributed by atoms with Crippen LogP contribution in [-0.4, -0.2) is 17.1 Å². The molecule has 0 aliphatic carbocycles. The summed E-state index contributed by atoms with van der Waals surface area (Å²) in [6.45, 7) is 11.4. The number of oxime groups is 1. The molecule has 0 unspecified atom stereocenters. The van der Waals surface area contributed by atoms with Gasteiger partial charge in [-0.3, -0.25) is 4.79 Å². The largest absolute Gasteiger partial charge is 0.389 e. The average molecular weight is 211 g/mol. The fourth-order valence-corrected chi connectivity index (χ4v) is 1.29. The molecule has 0 aromatic rings. The van der Waals surface area contributed by atoms with Crippen molar-refractivity contribution in [2.75, 3.05) is 0 Å². The van der Waals surface area contributed by atoms with Crippen LogP contribution in [0.25, 0.3) is 0 Å². The lowest BCUT2D eigenvalue weighted by atomic mass is 10.0. The smallest absolute Gasteiger partial charge is 0.152 e. The molecule has 1 aliphatic heterocycles. The van der Waals surface area contributed by atoms with Gasteiger partial charge >= 0.3 is 0 Å². The van der Waals surface area contributed by atoms with Crippen molar-refractivity contribution >= 4 is 11.5 Å². The zero-order valence-electron chi connectivity index (χ0n) is 10.5. The van der Waals surface area contributed by atoms with E-state index in [0.29, 0.717) is 0 Å². The van der Waals surface area contributed by atoms with Gasteiger partial charge in [0.05, 0.1) is 5.71 Å². The first kappa shape index (κ1) is 13.9. The fraction of sp³-hybridized carbons (Fsp3) is 0.667. The highest BCUT2D eigenvalue weighted by atomic mass is 16.7. The second-order valence-corrected chi connectivity index (χ2v) is 4.69. The molecule has 0 atom stereocenters. The highest BCUT2D eigenvalue weighted by Gasteiger charge is 2.25. The lowest BCUT2D eigenvalue weighted by molar-refractivity contribution is -0.112. The summed E-state index contributed by atoms with van der Waals surface area (Å²) in [6, 6.07) is 0. The second-order valence-electron chi connectivity index (χ2n) is 4.69. The summed E-state index contributed by atoms with van der Waals surface area (Å²) in [7, 11) is 0. The third kappa shape index (κ3) is 7.91. The van der Waals surface area contributed by atoms with Crippen LogP contribution in [0.3, 0.4) is 0 Å². The first-order chi connectivity index (χ1) is 6.73. The fourth-order valence-electron chi connectivity index (χ4n) is 1.29. The summed E-state index contributed by atoms with van der Waals surface area (Å²) < 4.78 is 0. The molecule has 86 valence electrons. The Bertz CT molecular complexity index is 284. The predicted octanol–water partition coefficient (Wildman–Crippen LogP) is 3.10. The Balaban J connectivity index is 0.000000265. The Morgan fingerprint density at radius 1 is 1.40 bits per heavy atom. The van der Waals surface area contributed by atoms with E-state index in [0.717, 1.165) is 17.7 Å². The highest BCUT2D eigenvalue weighted by Crippen LogP contribution is 2.21. The zero-order chi connectivity index (χ0) is 12.1. The molecular weight excluding hydrogens is 190 g/mol. The van der Waals surface area contributed by atoms with Crippen molar-refractivity contribution in [3.63, 3.8) is 0 Å². The molecule has 0 spiro atoms. The van der Waals surface area contributed by atoms with E-state index >= 15 is 0 Å². The van der Waals surface area contributed by atoms with Gasteiger partial charge in [0.25, 0.3) is 0 Å². The molecule has 0 saturated carbocycles. The number of hydrogen-bond donors (Lipinski definition) is 0. The summed E-state index contributed by atoms with van der Waals surface area (Å²) in [5.74, 6) is 0.125. The molecule has 0 radical (unpaired) electrons. The van der Waals surface area contributed by atoms with Gasteiger partial charge in [-0.25, -0.2) is 0 Å². The molecule has 3 nitrogen and oxygen atoms in total. The van der Waals surface area contributed by atoms with E-state index in [-0.39, 0.29) is 11.4 Å². The first-order valence-electron chi connectivity index (χ1n) is 5.10. The molecular formula is C12H21NO2. The average Bonchev–Trinajstić information content (AvgIpc) is 2.26. The number of carbonyl (C=O) groups is 1. The monoisotopic (exact) mass is 211 g/mol. The van der Waals surface area contributed by atoms with Gasteiger partial charge in [0.2, 0.25) is 0 Å². The van der Waals surface area contributed by atoms with Gasteiger partial charge in [-0.15, -0.1) is 0 Å². The van der Waals surface area contributed by atoms with Crippen molar-refractivity contribution < 1.29 is 9.63 Å². The van der Waals surface area contributed by atoms with Crippen LogP contribution < -0.4 is 0 Å². The second kappa shape index (κ2) is 5.69. The minimum atomic E-state index is -0.0376. The van der Waals surface area contributed by atoms with Gasteiger partial charge in [0, 0.05) is 6.42 Å². The summed E-state index contributed by atoms with van der Waals surface area (Å²) in [6.07, 6.45) is 2.58. The van der Waals surface area contributed by atoms with E-state index in [1.807, 2.05) is 34.6 Å². The van der Waals surface area contributed by atoms with E-state index in [1.54, 1.807) is 13.0 Å². The van der Waals surface area contributed by atoms with Crippen molar-refractivity contribution in [3.8, 4) is 0 Å². The number of ketones is 1. The van der Waals surface area contributed by atoms with E-state index in [2.05, 4.69) is 5.16 Å². The van der Waals surface area contributed by atoms with Crippen LogP contribution in [0.1, 0.15) is 48.0 Å². The molecule has 0 aromatic carbocycles. The first-order valence-corrected chi connectivity index (χ1v) is 5.10. The summed E-state index contributed by atoms with van der Waals surface area (Å²) in [4.78, 5) is 15.2. The number of hydrogen-bond acceptors (Lipinski definition) is 3. The Hall–Kier alpha value is -1.12. The van der Waals surface area contributed by atoms with Crippen LogP contribution in [0.2, 0.25) is 0 Å². The minimum Gasteiger partial charge on any atom is -0.389 e. The molecule has 0 N–H and O–H groups in total. The third-order valence-electron chi connectivity index (χ3n) is 1.62. The van der Waals surface area contributed by atoms with Crippen molar-refractivity contribution in [1.82, 2.24) is 0 Å². The third-order valence-corrected chi connectivity index (χ3v) is 1.62. The van der Waals surface area contributed by atoms with Gasteiger partial charge in [-0.05, 0) is 47.6 Å². The van der Waals surface area contributed by atoms with Crippen molar-refractivity contribution in [2.24, 2.45) is 5.16 Å². The van der Waals surface area contributed by atoms with Gasteiger partial charge < -0.3 is 4.84 Å². The number of carbonyl (C=O) groups excluding carboxylic acids is 1. The topological polar surface area (TPSA) is 38.7 Å².